The number of aromatic nitrogens is 2. The van der Waals surface area contributed by atoms with Gasteiger partial charge in [-0.1, -0.05) is 30.3 Å². The van der Waals surface area contributed by atoms with E-state index in [2.05, 4.69) is 10.4 Å². The van der Waals surface area contributed by atoms with Crippen LogP contribution in [0.3, 0.4) is 0 Å². The molecule has 1 aliphatic heterocycles. The molecule has 1 aliphatic rings. The molecule has 6 heteroatoms. The first-order chi connectivity index (χ1) is 11.0. The highest BCUT2D eigenvalue weighted by atomic mass is 16.3. The highest BCUT2D eigenvalue weighted by Crippen LogP contribution is 2.36. The van der Waals surface area contributed by atoms with Gasteiger partial charge in [0.25, 0.3) is 0 Å². The van der Waals surface area contributed by atoms with Crippen LogP contribution in [0.1, 0.15) is 31.7 Å². The molecule has 120 valence electrons. The SMILES string of the molecule is CC(C)(O)[C@@H](c1ccccc1)N1C=CC(=O)NC1n1cccn1. The molecule has 0 radical (unpaired) electrons. The lowest BCUT2D eigenvalue weighted by Crippen LogP contribution is -2.51. The minimum absolute atomic E-state index is 0.190. The predicted octanol–water partition coefficient (Wildman–Crippen LogP) is 1.80. The van der Waals surface area contributed by atoms with E-state index >= 15 is 0 Å². The summed E-state index contributed by atoms with van der Waals surface area (Å²) < 4.78 is 1.66. The van der Waals surface area contributed by atoms with Crippen LogP contribution in [0, 0.1) is 0 Å². The third-order valence-corrected chi connectivity index (χ3v) is 3.81. The Kier molecular flexibility index (Phi) is 3.92. The predicted molar refractivity (Wildman–Crippen MR) is 85.9 cm³/mol. The van der Waals surface area contributed by atoms with Crippen LogP contribution in [-0.2, 0) is 4.79 Å². The molecule has 2 heterocycles. The first-order valence-corrected chi connectivity index (χ1v) is 7.49. The highest BCUT2D eigenvalue weighted by molar-refractivity contribution is 5.88. The Balaban J connectivity index is 2.06. The molecule has 0 fully saturated rings. The maximum absolute atomic E-state index is 11.8. The van der Waals surface area contributed by atoms with Crippen molar-refractivity contribution in [3.05, 3.63) is 66.6 Å². The Morgan fingerprint density at radius 3 is 2.61 bits per heavy atom. The highest BCUT2D eigenvalue weighted by Gasteiger charge is 2.38. The number of nitrogens with zero attached hydrogens (tertiary/aromatic N) is 3. The number of carbonyl (C=O) groups excluding carboxylic acids is 1. The zero-order chi connectivity index (χ0) is 16.4. The summed E-state index contributed by atoms with van der Waals surface area (Å²) in [6, 6.07) is 11.2. The lowest BCUT2D eigenvalue weighted by Gasteiger charge is -2.44. The van der Waals surface area contributed by atoms with Crippen molar-refractivity contribution in [1.82, 2.24) is 20.0 Å². The second kappa shape index (κ2) is 5.89. The molecule has 2 N–H and O–H groups in total. The summed E-state index contributed by atoms with van der Waals surface area (Å²) in [6.07, 6.45) is 6.11. The summed E-state index contributed by atoms with van der Waals surface area (Å²) in [6.45, 7) is 3.52. The van der Waals surface area contributed by atoms with Gasteiger partial charge in [-0.15, -0.1) is 0 Å². The second-order valence-electron chi connectivity index (χ2n) is 6.10. The summed E-state index contributed by atoms with van der Waals surface area (Å²) in [5.41, 5.74) is -0.0722. The smallest absolute Gasteiger partial charge is 0.248 e. The van der Waals surface area contributed by atoms with Gasteiger partial charge in [0, 0.05) is 24.7 Å². The van der Waals surface area contributed by atoms with Crippen molar-refractivity contribution in [3.8, 4) is 0 Å². The Labute approximate surface area is 135 Å². The lowest BCUT2D eigenvalue weighted by molar-refractivity contribution is -0.123. The van der Waals surface area contributed by atoms with Crippen LogP contribution in [0.15, 0.2) is 61.1 Å². The summed E-state index contributed by atoms with van der Waals surface area (Å²) in [5.74, 6) is -0.190. The van der Waals surface area contributed by atoms with Crippen molar-refractivity contribution >= 4 is 5.91 Å². The van der Waals surface area contributed by atoms with E-state index in [1.54, 1.807) is 43.2 Å². The average Bonchev–Trinajstić information content (AvgIpc) is 3.03. The van der Waals surface area contributed by atoms with E-state index in [0.29, 0.717) is 0 Å². The maximum Gasteiger partial charge on any atom is 0.248 e. The number of carbonyl (C=O) groups is 1. The Bertz CT molecular complexity index is 689. The molecule has 1 amide bonds. The minimum Gasteiger partial charge on any atom is -0.388 e. The zero-order valence-corrected chi connectivity index (χ0v) is 13.1. The molecule has 0 spiro atoms. The molecule has 0 bridgehead atoms. The summed E-state index contributed by atoms with van der Waals surface area (Å²) in [7, 11) is 0. The van der Waals surface area contributed by atoms with Crippen molar-refractivity contribution < 1.29 is 9.90 Å². The van der Waals surface area contributed by atoms with E-state index < -0.39 is 11.9 Å². The van der Waals surface area contributed by atoms with Gasteiger partial charge in [0.15, 0.2) is 0 Å². The van der Waals surface area contributed by atoms with Gasteiger partial charge in [-0.2, -0.15) is 5.10 Å². The van der Waals surface area contributed by atoms with E-state index in [1.165, 1.54) is 6.08 Å². The fourth-order valence-electron chi connectivity index (χ4n) is 2.92. The molecule has 0 saturated heterocycles. The van der Waals surface area contributed by atoms with Gasteiger partial charge in [-0.3, -0.25) is 4.79 Å². The number of aliphatic hydroxyl groups is 1. The van der Waals surface area contributed by atoms with Gasteiger partial charge in [0.1, 0.15) is 0 Å². The van der Waals surface area contributed by atoms with Gasteiger partial charge in [0.2, 0.25) is 12.2 Å². The lowest BCUT2D eigenvalue weighted by atomic mass is 9.90. The van der Waals surface area contributed by atoms with Crippen LogP contribution in [0.4, 0.5) is 0 Å². The molecule has 3 rings (SSSR count). The zero-order valence-electron chi connectivity index (χ0n) is 13.1. The van der Waals surface area contributed by atoms with Crippen LogP contribution >= 0.6 is 0 Å². The molecule has 23 heavy (non-hydrogen) atoms. The van der Waals surface area contributed by atoms with E-state index in [9.17, 15) is 9.90 Å². The maximum atomic E-state index is 11.8. The van der Waals surface area contributed by atoms with Crippen LogP contribution in [0.5, 0.6) is 0 Å². The number of amides is 1. The summed E-state index contributed by atoms with van der Waals surface area (Å²) in [4.78, 5) is 13.7. The average molecular weight is 312 g/mol. The first kappa shape index (κ1) is 15.3. The van der Waals surface area contributed by atoms with Crippen LogP contribution in [0.25, 0.3) is 0 Å². The Morgan fingerprint density at radius 1 is 1.26 bits per heavy atom. The van der Waals surface area contributed by atoms with Crippen LogP contribution in [0.2, 0.25) is 0 Å². The molecule has 6 nitrogen and oxygen atoms in total. The van der Waals surface area contributed by atoms with E-state index in [0.717, 1.165) is 5.56 Å². The van der Waals surface area contributed by atoms with Gasteiger partial charge in [0.05, 0.1) is 11.6 Å². The van der Waals surface area contributed by atoms with E-state index in [-0.39, 0.29) is 11.9 Å². The van der Waals surface area contributed by atoms with Crippen molar-refractivity contribution in [3.63, 3.8) is 0 Å². The van der Waals surface area contributed by atoms with Crippen molar-refractivity contribution in [2.45, 2.75) is 31.8 Å². The topological polar surface area (TPSA) is 70.4 Å². The third-order valence-electron chi connectivity index (χ3n) is 3.81. The molecular weight excluding hydrogens is 292 g/mol. The molecule has 0 aliphatic carbocycles. The van der Waals surface area contributed by atoms with Crippen LogP contribution in [-0.4, -0.2) is 31.3 Å². The van der Waals surface area contributed by atoms with E-state index in [4.69, 9.17) is 0 Å². The molecule has 2 atom stereocenters. The molecule has 1 unspecified atom stereocenters. The van der Waals surface area contributed by atoms with Gasteiger partial charge in [-0.25, -0.2) is 4.68 Å². The molecule has 2 aromatic rings. The standard InChI is InChI=1S/C17H20N4O2/c1-17(2,23)15(13-7-4-3-5-8-13)20-12-9-14(22)19-16(20)21-11-6-10-18-21/h3-12,15-16,23H,1-2H3,(H,19,22)/t15-,16?/m1/s1. The molecular formula is C17H20N4O2. The van der Waals surface area contributed by atoms with E-state index in [1.807, 2.05) is 35.2 Å². The minimum atomic E-state index is -1.03. The Morgan fingerprint density at radius 2 is 2.00 bits per heavy atom. The number of nitrogens with one attached hydrogen (secondary N) is 1. The molecule has 1 aromatic heterocycles. The number of hydrogen-bond donors (Lipinski definition) is 2. The normalized spacial score (nSPS) is 19.5. The van der Waals surface area contributed by atoms with Crippen LogP contribution < -0.4 is 5.32 Å². The fourth-order valence-corrected chi connectivity index (χ4v) is 2.92. The summed E-state index contributed by atoms with van der Waals surface area (Å²) in [5, 5.41) is 17.9. The van der Waals surface area contributed by atoms with Gasteiger partial charge in [-0.05, 0) is 25.5 Å². The van der Waals surface area contributed by atoms with Gasteiger partial charge >= 0.3 is 0 Å². The quantitative estimate of drug-likeness (QED) is 0.903. The third kappa shape index (κ3) is 3.12. The first-order valence-electron chi connectivity index (χ1n) is 7.49. The number of benzene rings is 1. The number of hydrogen-bond acceptors (Lipinski definition) is 4. The van der Waals surface area contributed by atoms with Crippen molar-refractivity contribution in [2.24, 2.45) is 0 Å². The molecule has 1 aromatic carbocycles. The molecule has 0 saturated carbocycles. The van der Waals surface area contributed by atoms with Gasteiger partial charge < -0.3 is 15.3 Å². The van der Waals surface area contributed by atoms with Crippen molar-refractivity contribution in [2.75, 3.05) is 0 Å². The van der Waals surface area contributed by atoms with Crippen molar-refractivity contribution in [1.29, 1.82) is 0 Å². The fraction of sp³-hybridized carbons (Fsp3) is 0.294. The monoisotopic (exact) mass is 312 g/mol. The number of rotatable bonds is 4. The summed E-state index contributed by atoms with van der Waals surface area (Å²) >= 11 is 0. The largest absolute Gasteiger partial charge is 0.388 e. The second-order valence-corrected chi connectivity index (χ2v) is 6.10. The Hall–Kier alpha value is -2.60.